The van der Waals surface area contributed by atoms with Crippen molar-refractivity contribution in [3.63, 3.8) is 0 Å². The molecule has 7 heteroatoms. The highest BCUT2D eigenvalue weighted by molar-refractivity contribution is 7.91. The minimum absolute atomic E-state index is 0.0716. The normalized spacial score (nSPS) is 19.7. The molecule has 0 spiro atoms. The Morgan fingerprint density at radius 3 is 2.61 bits per heavy atom. The lowest BCUT2D eigenvalue weighted by molar-refractivity contribution is -0.131. The van der Waals surface area contributed by atoms with Crippen LogP contribution in [-0.2, 0) is 21.1 Å². The van der Waals surface area contributed by atoms with E-state index in [1.807, 2.05) is 6.92 Å². The fraction of sp³-hybridized carbons (Fsp3) is 0.562. The molecule has 1 unspecified atom stereocenters. The number of amides is 1. The molecule has 0 bridgehead atoms. The number of hydrogen-bond acceptors (Lipinski definition) is 4. The zero-order valence-corrected chi connectivity index (χ0v) is 14.1. The van der Waals surface area contributed by atoms with Gasteiger partial charge >= 0.3 is 0 Å². The number of sulfone groups is 1. The van der Waals surface area contributed by atoms with Crippen LogP contribution in [0.4, 0.5) is 4.39 Å². The molecule has 1 aromatic rings. The third-order valence-corrected chi connectivity index (χ3v) is 5.84. The maximum Gasteiger partial charge on any atom is 0.236 e. The SMILES string of the molecule is CCN(C(=O)CNCCc1ccc(F)cc1)C1CCS(=O)(=O)C1. The number of benzene rings is 1. The van der Waals surface area contributed by atoms with E-state index in [1.54, 1.807) is 17.0 Å². The average molecular weight is 342 g/mol. The molecule has 0 radical (unpaired) electrons. The van der Waals surface area contributed by atoms with Crippen LogP contribution in [0.5, 0.6) is 0 Å². The maximum absolute atomic E-state index is 12.8. The molecule has 1 aliphatic heterocycles. The van der Waals surface area contributed by atoms with Crippen LogP contribution in [-0.4, -0.2) is 56.4 Å². The third-order valence-electron chi connectivity index (χ3n) is 4.09. The third kappa shape index (κ3) is 5.28. The van der Waals surface area contributed by atoms with Gasteiger partial charge in [0.2, 0.25) is 5.91 Å². The Morgan fingerprint density at radius 1 is 1.35 bits per heavy atom. The van der Waals surface area contributed by atoms with Crippen molar-refractivity contribution < 1.29 is 17.6 Å². The molecule has 5 nitrogen and oxygen atoms in total. The molecule has 128 valence electrons. The van der Waals surface area contributed by atoms with Gasteiger partial charge < -0.3 is 10.2 Å². The van der Waals surface area contributed by atoms with Gasteiger partial charge in [0.15, 0.2) is 9.84 Å². The standard InChI is InChI=1S/C16H23FN2O3S/c1-2-19(15-8-10-23(21,22)12-15)16(20)11-18-9-7-13-3-5-14(17)6-4-13/h3-6,15,18H,2,7-12H2,1H3. The summed E-state index contributed by atoms with van der Waals surface area (Å²) in [6.07, 6.45) is 1.23. The van der Waals surface area contributed by atoms with Crippen LogP contribution in [0.15, 0.2) is 24.3 Å². The highest BCUT2D eigenvalue weighted by Gasteiger charge is 2.33. The van der Waals surface area contributed by atoms with Crippen LogP contribution in [0.25, 0.3) is 0 Å². The highest BCUT2D eigenvalue weighted by atomic mass is 32.2. The van der Waals surface area contributed by atoms with Crippen LogP contribution >= 0.6 is 0 Å². The summed E-state index contributed by atoms with van der Waals surface area (Å²) in [7, 11) is -2.99. The van der Waals surface area contributed by atoms with E-state index in [2.05, 4.69) is 5.32 Å². The summed E-state index contributed by atoms with van der Waals surface area (Å²) in [6, 6.07) is 6.08. The summed E-state index contributed by atoms with van der Waals surface area (Å²) in [6.45, 7) is 3.17. The summed E-state index contributed by atoms with van der Waals surface area (Å²) >= 11 is 0. The predicted octanol–water partition coefficient (Wildman–Crippen LogP) is 0.993. The smallest absolute Gasteiger partial charge is 0.236 e. The number of hydrogen-bond donors (Lipinski definition) is 1. The molecular formula is C16H23FN2O3S. The van der Waals surface area contributed by atoms with Gasteiger partial charge in [-0.25, -0.2) is 12.8 Å². The fourth-order valence-corrected chi connectivity index (χ4v) is 4.57. The molecule has 0 aliphatic carbocycles. The monoisotopic (exact) mass is 342 g/mol. The number of carbonyl (C=O) groups is 1. The second-order valence-corrected chi connectivity index (χ2v) is 8.02. The number of nitrogens with one attached hydrogen (secondary N) is 1. The Kier molecular flexibility index (Phi) is 6.12. The van der Waals surface area contributed by atoms with Crippen molar-refractivity contribution in [1.82, 2.24) is 10.2 Å². The van der Waals surface area contributed by atoms with Gasteiger partial charge in [0.25, 0.3) is 0 Å². The predicted molar refractivity (Wildman–Crippen MR) is 87.4 cm³/mol. The molecule has 1 aliphatic rings. The van der Waals surface area contributed by atoms with E-state index >= 15 is 0 Å². The van der Waals surface area contributed by atoms with E-state index < -0.39 is 9.84 Å². The molecule has 1 atom stereocenters. The van der Waals surface area contributed by atoms with Crippen molar-refractivity contribution in [2.24, 2.45) is 0 Å². The molecule has 1 fully saturated rings. The minimum atomic E-state index is -2.99. The van der Waals surface area contributed by atoms with Crippen LogP contribution < -0.4 is 5.32 Å². The molecule has 1 N–H and O–H groups in total. The largest absolute Gasteiger partial charge is 0.338 e. The maximum atomic E-state index is 12.8. The molecule has 23 heavy (non-hydrogen) atoms. The molecule has 1 aromatic carbocycles. The second-order valence-electron chi connectivity index (χ2n) is 5.79. The minimum Gasteiger partial charge on any atom is -0.338 e. The van der Waals surface area contributed by atoms with Crippen LogP contribution in [0, 0.1) is 5.82 Å². The van der Waals surface area contributed by atoms with Crippen molar-refractivity contribution in [3.05, 3.63) is 35.6 Å². The van der Waals surface area contributed by atoms with Crippen LogP contribution in [0.2, 0.25) is 0 Å². The zero-order valence-electron chi connectivity index (χ0n) is 13.3. The van der Waals surface area contributed by atoms with E-state index in [4.69, 9.17) is 0 Å². The lowest BCUT2D eigenvalue weighted by Gasteiger charge is -2.27. The van der Waals surface area contributed by atoms with Gasteiger partial charge in [0.05, 0.1) is 18.1 Å². The average Bonchev–Trinajstić information content (AvgIpc) is 2.86. The van der Waals surface area contributed by atoms with Gasteiger partial charge in [-0.15, -0.1) is 0 Å². The number of likely N-dealkylation sites (N-methyl/N-ethyl adjacent to an activating group) is 1. The first kappa shape index (κ1) is 17.9. The van der Waals surface area contributed by atoms with Crippen molar-refractivity contribution >= 4 is 15.7 Å². The second kappa shape index (κ2) is 7.88. The van der Waals surface area contributed by atoms with E-state index in [0.29, 0.717) is 25.9 Å². The van der Waals surface area contributed by atoms with Crippen LogP contribution in [0.1, 0.15) is 18.9 Å². The van der Waals surface area contributed by atoms with E-state index in [0.717, 1.165) is 5.56 Å². The Hall–Kier alpha value is -1.47. The van der Waals surface area contributed by atoms with Crippen molar-refractivity contribution in [3.8, 4) is 0 Å². The summed E-state index contributed by atoms with van der Waals surface area (Å²) < 4.78 is 35.9. The van der Waals surface area contributed by atoms with Crippen LogP contribution in [0.3, 0.4) is 0 Å². The first-order valence-corrected chi connectivity index (χ1v) is 9.68. The summed E-state index contributed by atoms with van der Waals surface area (Å²) in [5.41, 5.74) is 1.00. The Morgan fingerprint density at radius 2 is 2.04 bits per heavy atom. The summed E-state index contributed by atoms with van der Waals surface area (Å²) in [5, 5.41) is 3.07. The van der Waals surface area contributed by atoms with Gasteiger partial charge in [-0.1, -0.05) is 12.1 Å². The number of rotatable bonds is 7. The Bertz CT molecular complexity index is 631. The number of halogens is 1. The van der Waals surface area contributed by atoms with Crippen molar-refractivity contribution in [2.75, 3.05) is 31.1 Å². The summed E-state index contributed by atoms with van der Waals surface area (Å²) in [5.74, 6) is -0.0996. The van der Waals surface area contributed by atoms with Gasteiger partial charge in [-0.05, 0) is 44.0 Å². The van der Waals surface area contributed by atoms with E-state index in [1.165, 1.54) is 12.1 Å². The quantitative estimate of drug-likeness (QED) is 0.751. The van der Waals surface area contributed by atoms with Crippen molar-refractivity contribution in [1.29, 1.82) is 0 Å². The van der Waals surface area contributed by atoms with Crippen molar-refractivity contribution in [2.45, 2.75) is 25.8 Å². The number of nitrogens with zero attached hydrogens (tertiary/aromatic N) is 1. The number of carbonyl (C=O) groups excluding carboxylic acids is 1. The first-order valence-electron chi connectivity index (χ1n) is 7.86. The Labute approximate surface area is 136 Å². The van der Waals surface area contributed by atoms with Gasteiger partial charge in [0, 0.05) is 12.6 Å². The molecular weight excluding hydrogens is 319 g/mol. The van der Waals surface area contributed by atoms with Gasteiger partial charge in [-0.3, -0.25) is 4.79 Å². The Balaban J connectivity index is 1.75. The fourth-order valence-electron chi connectivity index (χ4n) is 2.84. The highest BCUT2D eigenvalue weighted by Crippen LogP contribution is 2.17. The lowest BCUT2D eigenvalue weighted by atomic mass is 10.1. The molecule has 1 amide bonds. The molecule has 1 saturated heterocycles. The molecule has 2 rings (SSSR count). The lowest BCUT2D eigenvalue weighted by Crippen LogP contribution is -2.45. The van der Waals surface area contributed by atoms with Gasteiger partial charge in [-0.2, -0.15) is 0 Å². The van der Waals surface area contributed by atoms with E-state index in [9.17, 15) is 17.6 Å². The summed E-state index contributed by atoms with van der Waals surface area (Å²) in [4.78, 5) is 13.9. The van der Waals surface area contributed by atoms with E-state index in [-0.39, 0.29) is 35.8 Å². The molecule has 0 saturated carbocycles. The van der Waals surface area contributed by atoms with Gasteiger partial charge in [0.1, 0.15) is 5.82 Å². The first-order chi connectivity index (χ1) is 10.9. The molecule has 0 aromatic heterocycles. The topological polar surface area (TPSA) is 66.5 Å². The zero-order chi connectivity index (χ0) is 16.9. The molecule has 1 heterocycles.